The standard InChI is InChI=1S/C20H23N7O4S/c1-29-15-8-14(9-16(10-15)30-2)23-18(28)12-32-20-26-25-19(27(20)21)24-22-11-13-6-4-5-7-17(13)31-3/h4-11H,12,21H2,1-3H3,(H,23,28)(H,24,25)/b22-11+. The second-order valence-corrected chi connectivity index (χ2v) is 7.17. The van der Waals surface area contributed by atoms with Crippen LogP contribution >= 0.6 is 11.8 Å². The molecule has 11 nitrogen and oxygen atoms in total. The summed E-state index contributed by atoms with van der Waals surface area (Å²) in [6.45, 7) is 0. The molecule has 3 aromatic rings. The first-order valence-corrected chi connectivity index (χ1v) is 10.3. The minimum absolute atomic E-state index is 0.0688. The Morgan fingerprint density at radius 2 is 1.84 bits per heavy atom. The van der Waals surface area contributed by atoms with E-state index < -0.39 is 0 Å². The molecule has 0 atom stereocenters. The van der Waals surface area contributed by atoms with Gasteiger partial charge in [-0.2, -0.15) is 5.10 Å². The number of nitrogens with zero attached hydrogens (tertiary/aromatic N) is 4. The number of ether oxygens (including phenoxy) is 3. The van der Waals surface area contributed by atoms with Crippen molar-refractivity contribution < 1.29 is 19.0 Å². The van der Waals surface area contributed by atoms with Crippen LogP contribution in [0.1, 0.15) is 5.56 Å². The largest absolute Gasteiger partial charge is 0.497 e. The number of benzene rings is 2. The van der Waals surface area contributed by atoms with Crippen LogP contribution in [0.3, 0.4) is 0 Å². The van der Waals surface area contributed by atoms with E-state index in [1.807, 2.05) is 24.3 Å². The zero-order valence-electron chi connectivity index (χ0n) is 17.7. The molecule has 0 spiro atoms. The van der Waals surface area contributed by atoms with E-state index in [1.165, 1.54) is 18.9 Å². The van der Waals surface area contributed by atoms with Crippen LogP contribution in [0.4, 0.5) is 11.6 Å². The highest BCUT2D eigenvalue weighted by Crippen LogP contribution is 2.26. The van der Waals surface area contributed by atoms with Crippen molar-refractivity contribution in [2.24, 2.45) is 5.10 Å². The van der Waals surface area contributed by atoms with E-state index in [1.54, 1.807) is 31.5 Å². The quantitative estimate of drug-likeness (QED) is 0.181. The molecular formula is C20H23N7O4S. The maximum atomic E-state index is 12.3. The van der Waals surface area contributed by atoms with E-state index >= 15 is 0 Å². The van der Waals surface area contributed by atoms with Crippen LogP contribution in [-0.2, 0) is 4.79 Å². The number of amides is 1. The van der Waals surface area contributed by atoms with Gasteiger partial charge in [0, 0.05) is 29.4 Å². The Morgan fingerprint density at radius 3 is 2.53 bits per heavy atom. The van der Waals surface area contributed by atoms with Gasteiger partial charge in [0.2, 0.25) is 11.1 Å². The molecule has 2 aromatic carbocycles. The lowest BCUT2D eigenvalue weighted by molar-refractivity contribution is -0.113. The highest BCUT2D eigenvalue weighted by molar-refractivity contribution is 7.99. The molecule has 0 saturated carbocycles. The summed E-state index contributed by atoms with van der Waals surface area (Å²) in [7, 11) is 4.66. The van der Waals surface area contributed by atoms with Crippen LogP contribution in [0.5, 0.6) is 17.2 Å². The van der Waals surface area contributed by atoms with Crippen molar-refractivity contribution >= 4 is 35.5 Å². The Labute approximate surface area is 188 Å². The predicted molar refractivity (Wildman–Crippen MR) is 123 cm³/mol. The molecule has 0 radical (unpaired) electrons. The number of anilines is 2. The van der Waals surface area contributed by atoms with Gasteiger partial charge < -0.3 is 25.4 Å². The first kappa shape index (κ1) is 22.7. The molecule has 4 N–H and O–H groups in total. The van der Waals surface area contributed by atoms with E-state index in [0.29, 0.717) is 28.1 Å². The lowest BCUT2D eigenvalue weighted by Gasteiger charge is -2.09. The molecule has 0 saturated heterocycles. The lowest BCUT2D eigenvalue weighted by Crippen LogP contribution is -2.17. The van der Waals surface area contributed by atoms with Gasteiger partial charge in [0.1, 0.15) is 17.2 Å². The summed E-state index contributed by atoms with van der Waals surface area (Å²) in [5.41, 5.74) is 4.06. The van der Waals surface area contributed by atoms with Crippen LogP contribution in [-0.4, -0.2) is 54.1 Å². The third-order valence-electron chi connectivity index (χ3n) is 4.14. The van der Waals surface area contributed by atoms with Gasteiger partial charge in [-0.25, -0.2) is 10.1 Å². The molecule has 1 heterocycles. The van der Waals surface area contributed by atoms with Gasteiger partial charge >= 0.3 is 0 Å². The zero-order chi connectivity index (χ0) is 22.9. The highest BCUT2D eigenvalue weighted by atomic mass is 32.2. The van der Waals surface area contributed by atoms with Gasteiger partial charge in [0.25, 0.3) is 5.95 Å². The molecule has 3 rings (SSSR count). The summed E-state index contributed by atoms with van der Waals surface area (Å²) >= 11 is 1.13. The van der Waals surface area contributed by atoms with Crippen LogP contribution in [0.2, 0.25) is 0 Å². The monoisotopic (exact) mass is 457 g/mol. The number of hydrogen-bond acceptors (Lipinski definition) is 10. The van der Waals surface area contributed by atoms with E-state index in [2.05, 4.69) is 26.0 Å². The van der Waals surface area contributed by atoms with Gasteiger partial charge in [-0.1, -0.05) is 23.9 Å². The maximum Gasteiger partial charge on any atom is 0.264 e. The summed E-state index contributed by atoms with van der Waals surface area (Å²) in [6.07, 6.45) is 1.58. The molecule has 0 aliphatic carbocycles. The summed E-state index contributed by atoms with van der Waals surface area (Å²) in [5, 5.41) is 15.2. The molecule has 0 aliphatic heterocycles. The fourth-order valence-electron chi connectivity index (χ4n) is 2.59. The first-order chi connectivity index (χ1) is 15.5. The van der Waals surface area contributed by atoms with E-state index in [-0.39, 0.29) is 17.6 Å². The molecule has 0 fully saturated rings. The molecule has 12 heteroatoms. The number of nitrogens with two attached hydrogens (primary N) is 1. The lowest BCUT2D eigenvalue weighted by atomic mass is 10.2. The van der Waals surface area contributed by atoms with Crippen molar-refractivity contribution in [1.82, 2.24) is 14.9 Å². The second kappa shape index (κ2) is 10.9. The Bertz CT molecular complexity index is 1080. The smallest absolute Gasteiger partial charge is 0.264 e. The van der Waals surface area contributed by atoms with E-state index in [0.717, 1.165) is 17.3 Å². The highest BCUT2D eigenvalue weighted by Gasteiger charge is 2.13. The molecular weight excluding hydrogens is 434 g/mol. The van der Waals surface area contributed by atoms with Gasteiger partial charge in [0.05, 0.1) is 33.3 Å². The van der Waals surface area contributed by atoms with Gasteiger partial charge in [-0.3, -0.25) is 4.79 Å². The van der Waals surface area contributed by atoms with Crippen LogP contribution in [0.15, 0.2) is 52.7 Å². The Kier molecular flexibility index (Phi) is 7.75. The van der Waals surface area contributed by atoms with Crippen LogP contribution in [0, 0.1) is 0 Å². The Balaban J connectivity index is 1.56. The third-order valence-corrected chi connectivity index (χ3v) is 5.08. The Morgan fingerprint density at radius 1 is 1.12 bits per heavy atom. The second-order valence-electron chi connectivity index (χ2n) is 6.23. The van der Waals surface area contributed by atoms with Crippen molar-refractivity contribution in [3.63, 3.8) is 0 Å². The zero-order valence-corrected chi connectivity index (χ0v) is 18.5. The average molecular weight is 458 g/mol. The molecule has 0 bridgehead atoms. The maximum absolute atomic E-state index is 12.3. The molecule has 1 aromatic heterocycles. The minimum Gasteiger partial charge on any atom is -0.497 e. The number of carbonyl (C=O) groups is 1. The molecule has 1 amide bonds. The number of hydrogen-bond donors (Lipinski definition) is 3. The van der Waals surface area contributed by atoms with E-state index in [9.17, 15) is 4.79 Å². The first-order valence-electron chi connectivity index (χ1n) is 9.32. The van der Waals surface area contributed by atoms with Crippen molar-refractivity contribution in [2.75, 3.05) is 43.7 Å². The van der Waals surface area contributed by atoms with Gasteiger partial charge in [-0.05, 0) is 12.1 Å². The van der Waals surface area contributed by atoms with Crippen molar-refractivity contribution in [2.45, 2.75) is 5.16 Å². The normalized spacial score (nSPS) is 10.7. The van der Waals surface area contributed by atoms with Crippen molar-refractivity contribution in [1.29, 1.82) is 0 Å². The number of aromatic nitrogens is 3. The van der Waals surface area contributed by atoms with E-state index in [4.69, 9.17) is 20.1 Å². The molecule has 32 heavy (non-hydrogen) atoms. The summed E-state index contributed by atoms with van der Waals surface area (Å²) in [4.78, 5) is 12.3. The number of nitrogens with one attached hydrogen (secondary N) is 2. The number of nitrogen functional groups attached to an aromatic ring is 1. The number of hydrazone groups is 1. The summed E-state index contributed by atoms with van der Waals surface area (Å²) < 4.78 is 16.9. The SMILES string of the molecule is COc1cc(NC(=O)CSc2nnc(N/N=C/c3ccccc3OC)n2N)cc(OC)c1. The summed E-state index contributed by atoms with van der Waals surface area (Å²) in [6, 6.07) is 12.5. The molecule has 168 valence electrons. The third kappa shape index (κ3) is 5.82. The Hall–Kier alpha value is -3.93. The van der Waals surface area contributed by atoms with Gasteiger partial charge in [-0.15, -0.1) is 10.2 Å². The van der Waals surface area contributed by atoms with Crippen molar-refractivity contribution in [3.05, 3.63) is 48.0 Å². The minimum atomic E-state index is -0.253. The van der Waals surface area contributed by atoms with Crippen LogP contribution in [0.25, 0.3) is 0 Å². The topological polar surface area (TPSA) is 138 Å². The summed E-state index contributed by atoms with van der Waals surface area (Å²) in [5.74, 6) is 7.85. The fourth-order valence-corrected chi connectivity index (χ4v) is 3.25. The number of methoxy groups -OCH3 is 3. The number of carbonyl (C=O) groups excluding carboxylic acids is 1. The number of thioether (sulfide) groups is 1. The average Bonchev–Trinajstić information content (AvgIpc) is 3.16. The predicted octanol–water partition coefficient (Wildman–Crippen LogP) is 2.19. The van der Waals surface area contributed by atoms with Crippen molar-refractivity contribution in [3.8, 4) is 17.2 Å². The molecule has 0 aliphatic rings. The number of rotatable bonds is 10. The van der Waals surface area contributed by atoms with Crippen LogP contribution < -0.4 is 30.8 Å². The fraction of sp³-hybridized carbons (Fsp3) is 0.200. The number of para-hydroxylation sites is 1. The van der Waals surface area contributed by atoms with Gasteiger partial charge in [0.15, 0.2) is 0 Å². The molecule has 0 unspecified atom stereocenters.